The molecule has 0 saturated carbocycles. The summed E-state index contributed by atoms with van der Waals surface area (Å²) in [6, 6.07) is 10.5. The first-order valence-corrected chi connectivity index (χ1v) is 12.5. The highest BCUT2D eigenvalue weighted by molar-refractivity contribution is 7.93. The Balaban J connectivity index is 1.86. The third-order valence-electron chi connectivity index (χ3n) is 5.32. The van der Waals surface area contributed by atoms with Crippen molar-refractivity contribution in [1.29, 1.82) is 0 Å². The molecule has 3 rings (SSSR count). The van der Waals surface area contributed by atoms with Crippen LogP contribution in [0.2, 0.25) is 5.02 Å². The summed E-state index contributed by atoms with van der Waals surface area (Å²) in [5.41, 5.74) is 1.07. The molecule has 1 N–H and O–H groups in total. The van der Waals surface area contributed by atoms with Crippen LogP contribution in [0.25, 0.3) is 0 Å². The minimum absolute atomic E-state index is 0.0324. The lowest BCUT2D eigenvalue weighted by Gasteiger charge is -2.41. The molecule has 1 aliphatic rings. The van der Waals surface area contributed by atoms with E-state index in [0.717, 1.165) is 17.2 Å². The van der Waals surface area contributed by atoms with E-state index in [4.69, 9.17) is 11.6 Å². The van der Waals surface area contributed by atoms with Gasteiger partial charge >= 0.3 is 0 Å². The van der Waals surface area contributed by atoms with Crippen LogP contribution in [0.3, 0.4) is 0 Å². The first-order valence-electron chi connectivity index (χ1n) is 10.2. The van der Waals surface area contributed by atoms with Crippen molar-refractivity contribution in [1.82, 2.24) is 10.2 Å². The van der Waals surface area contributed by atoms with Crippen LogP contribution in [0.4, 0.5) is 10.1 Å². The fraction of sp³-hybridized carbons (Fsp3) is 0.304. The predicted octanol–water partition coefficient (Wildman–Crippen LogP) is 3.18. The number of carbonyl (C=O) groups excluding carboxylic acids is 2. The zero-order valence-electron chi connectivity index (χ0n) is 18.5. The molecule has 0 aliphatic carbocycles. The van der Waals surface area contributed by atoms with Gasteiger partial charge in [-0.1, -0.05) is 35.9 Å². The molecule has 1 saturated heterocycles. The number of rotatable bonds is 6. The number of nitrogens with zero attached hydrogens (tertiary/aromatic N) is 2. The molecule has 2 aromatic carbocycles. The van der Waals surface area contributed by atoms with Crippen molar-refractivity contribution in [3.05, 3.63) is 75.9 Å². The molecule has 0 bridgehead atoms. The third kappa shape index (κ3) is 6.11. The number of carbonyl (C=O) groups is 2. The van der Waals surface area contributed by atoms with Crippen molar-refractivity contribution in [2.45, 2.75) is 19.0 Å². The Labute approximate surface area is 197 Å². The maximum atomic E-state index is 14.9. The lowest BCUT2D eigenvalue weighted by molar-refractivity contribution is -0.130. The van der Waals surface area contributed by atoms with Crippen molar-refractivity contribution in [3.63, 3.8) is 0 Å². The molecule has 7 nitrogen and oxygen atoms in total. The van der Waals surface area contributed by atoms with Gasteiger partial charge in [-0.05, 0) is 36.8 Å². The monoisotopic (exact) mass is 493 g/mol. The van der Waals surface area contributed by atoms with Gasteiger partial charge in [-0.3, -0.25) is 9.59 Å². The van der Waals surface area contributed by atoms with Gasteiger partial charge in [0.25, 0.3) is 5.91 Å². The number of halogens is 2. The molecule has 1 aliphatic heterocycles. The van der Waals surface area contributed by atoms with Crippen LogP contribution in [0.5, 0.6) is 0 Å². The molecule has 0 unspecified atom stereocenters. The number of anilines is 1. The van der Waals surface area contributed by atoms with E-state index in [1.807, 2.05) is 18.2 Å². The summed E-state index contributed by atoms with van der Waals surface area (Å²) >= 11 is 6.39. The average molecular weight is 494 g/mol. The van der Waals surface area contributed by atoms with E-state index in [1.54, 1.807) is 35.9 Å². The largest absolute Gasteiger partial charge is 0.353 e. The maximum Gasteiger partial charge on any atom is 0.254 e. The SMILES string of the molecule is C[C@H](/C=C/S(C)(=O)=O)NC(=O)c1ccc(N2CC(=O)N(C)C[C@H]2c2ccccc2Cl)cc1F. The number of piperazine rings is 1. The molecule has 2 amide bonds. The Morgan fingerprint density at radius 3 is 2.61 bits per heavy atom. The predicted molar refractivity (Wildman–Crippen MR) is 126 cm³/mol. The summed E-state index contributed by atoms with van der Waals surface area (Å²) in [6.07, 6.45) is 2.35. The van der Waals surface area contributed by atoms with Crippen molar-refractivity contribution < 1.29 is 22.4 Å². The molecule has 2 aromatic rings. The number of benzene rings is 2. The van der Waals surface area contributed by atoms with E-state index >= 15 is 0 Å². The quantitative estimate of drug-likeness (QED) is 0.668. The number of hydrogen-bond acceptors (Lipinski definition) is 5. The first kappa shape index (κ1) is 24.7. The Morgan fingerprint density at radius 1 is 1.27 bits per heavy atom. The topological polar surface area (TPSA) is 86.8 Å². The Morgan fingerprint density at radius 2 is 1.97 bits per heavy atom. The van der Waals surface area contributed by atoms with Crippen LogP contribution >= 0.6 is 11.6 Å². The van der Waals surface area contributed by atoms with Crippen molar-refractivity contribution in [2.24, 2.45) is 0 Å². The maximum absolute atomic E-state index is 14.9. The van der Waals surface area contributed by atoms with Crippen molar-refractivity contribution in [3.8, 4) is 0 Å². The van der Waals surface area contributed by atoms with E-state index in [1.165, 1.54) is 18.2 Å². The van der Waals surface area contributed by atoms with Gasteiger partial charge in [0, 0.05) is 42.0 Å². The van der Waals surface area contributed by atoms with Gasteiger partial charge in [-0.2, -0.15) is 0 Å². The van der Waals surface area contributed by atoms with Gasteiger partial charge in [-0.15, -0.1) is 0 Å². The second-order valence-electron chi connectivity index (χ2n) is 8.02. The summed E-state index contributed by atoms with van der Waals surface area (Å²) < 4.78 is 37.4. The van der Waals surface area contributed by atoms with Crippen LogP contribution in [-0.2, 0) is 14.6 Å². The van der Waals surface area contributed by atoms with E-state index < -0.39 is 27.6 Å². The van der Waals surface area contributed by atoms with Crippen LogP contribution in [0, 0.1) is 5.82 Å². The third-order valence-corrected chi connectivity index (χ3v) is 6.32. The zero-order chi connectivity index (χ0) is 24.3. The standard InChI is InChI=1S/C23H25ClFN3O4S/c1-15(10-11-33(3,31)32)26-23(30)18-9-8-16(12-20(18)25)28-14-22(29)27(2)13-21(28)17-6-4-5-7-19(17)24/h4-12,15,21H,13-14H2,1-3H3,(H,26,30)/b11-10+/t15-,21+/m1/s1. The molecule has 0 aromatic heterocycles. The molecule has 1 heterocycles. The molecule has 10 heteroatoms. The molecular weight excluding hydrogens is 469 g/mol. The molecular formula is C23H25ClFN3O4S. The van der Waals surface area contributed by atoms with Crippen LogP contribution in [0.15, 0.2) is 53.9 Å². The smallest absolute Gasteiger partial charge is 0.254 e. The van der Waals surface area contributed by atoms with Crippen molar-refractivity contribution in [2.75, 3.05) is 31.3 Å². The Hall–Kier alpha value is -2.91. The van der Waals surface area contributed by atoms with Crippen LogP contribution in [0.1, 0.15) is 28.9 Å². The van der Waals surface area contributed by atoms with Crippen LogP contribution < -0.4 is 10.2 Å². The normalized spacial score (nSPS) is 18.0. The number of likely N-dealkylation sites (N-methyl/N-ethyl adjacent to an activating group) is 1. The van der Waals surface area contributed by atoms with Gasteiger partial charge in [-0.25, -0.2) is 12.8 Å². The second-order valence-corrected chi connectivity index (χ2v) is 10.4. The van der Waals surface area contributed by atoms with Gasteiger partial charge < -0.3 is 15.1 Å². The molecule has 2 atom stereocenters. The lowest BCUT2D eigenvalue weighted by Crippen LogP contribution is -2.50. The molecule has 176 valence electrons. The zero-order valence-corrected chi connectivity index (χ0v) is 20.0. The summed E-state index contributed by atoms with van der Waals surface area (Å²) in [6.45, 7) is 1.98. The highest BCUT2D eigenvalue weighted by atomic mass is 35.5. The van der Waals surface area contributed by atoms with E-state index in [-0.39, 0.29) is 24.1 Å². The minimum Gasteiger partial charge on any atom is -0.353 e. The highest BCUT2D eigenvalue weighted by Crippen LogP contribution is 2.34. The fourth-order valence-corrected chi connectivity index (χ4v) is 4.36. The molecule has 1 fully saturated rings. The minimum atomic E-state index is -3.34. The summed E-state index contributed by atoms with van der Waals surface area (Å²) in [4.78, 5) is 28.3. The Bertz CT molecular complexity index is 1200. The number of sulfone groups is 1. The molecule has 0 spiro atoms. The van der Waals surface area contributed by atoms with E-state index in [2.05, 4.69) is 5.32 Å². The fourth-order valence-electron chi connectivity index (χ4n) is 3.58. The van der Waals surface area contributed by atoms with Crippen molar-refractivity contribution >= 4 is 38.9 Å². The van der Waals surface area contributed by atoms with Gasteiger partial charge in [0.05, 0.1) is 18.2 Å². The Kier molecular flexibility index (Phi) is 7.44. The average Bonchev–Trinajstić information content (AvgIpc) is 2.73. The molecule has 0 radical (unpaired) electrons. The summed E-state index contributed by atoms with van der Waals surface area (Å²) in [7, 11) is -1.63. The lowest BCUT2D eigenvalue weighted by atomic mass is 10.0. The van der Waals surface area contributed by atoms with Gasteiger partial charge in [0.15, 0.2) is 9.84 Å². The molecule has 33 heavy (non-hydrogen) atoms. The number of hydrogen-bond donors (Lipinski definition) is 1. The number of amides is 2. The van der Waals surface area contributed by atoms with Crippen LogP contribution in [-0.4, -0.2) is 57.6 Å². The van der Waals surface area contributed by atoms with E-state index in [9.17, 15) is 22.4 Å². The summed E-state index contributed by atoms with van der Waals surface area (Å²) in [5.74, 6) is -1.55. The first-order chi connectivity index (χ1) is 15.5. The highest BCUT2D eigenvalue weighted by Gasteiger charge is 2.33. The van der Waals surface area contributed by atoms with Gasteiger partial charge in [0.2, 0.25) is 5.91 Å². The second kappa shape index (κ2) is 9.93. The van der Waals surface area contributed by atoms with E-state index in [0.29, 0.717) is 17.3 Å². The summed E-state index contributed by atoms with van der Waals surface area (Å²) in [5, 5.41) is 4.07. The number of nitrogens with one attached hydrogen (secondary N) is 1. The van der Waals surface area contributed by atoms with Gasteiger partial charge in [0.1, 0.15) is 5.82 Å².